The molecule has 8 nitrogen and oxygen atoms in total. The first-order valence-electron chi connectivity index (χ1n) is 10.5. The van der Waals surface area contributed by atoms with Gasteiger partial charge in [0.1, 0.15) is 23.3 Å². The van der Waals surface area contributed by atoms with Crippen LogP contribution in [0.4, 0.5) is 24.7 Å². The summed E-state index contributed by atoms with van der Waals surface area (Å²) < 4.78 is 46.9. The quantitative estimate of drug-likeness (QED) is 0.425. The number of nitrogens with one attached hydrogen (secondary N) is 2. The summed E-state index contributed by atoms with van der Waals surface area (Å²) in [5.74, 6) is -4.24. The Morgan fingerprint density at radius 3 is 2.46 bits per heavy atom. The number of hydrogen-bond donors (Lipinski definition) is 4. The van der Waals surface area contributed by atoms with Gasteiger partial charge < -0.3 is 26.2 Å². The van der Waals surface area contributed by atoms with Gasteiger partial charge in [0.15, 0.2) is 6.10 Å². The number of nitrogen functional groups attached to an aromatic ring is 1. The van der Waals surface area contributed by atoms with E-state index in [-0.39, 0.29) is 34.2 Å². The molecule has 1 unspecified atom stereocenters. The third-order valence-electron chi connectivity index (χ3n) is 5.54. The zero-order chi connectivity index (χ0) is 25.3. The number of aliphatic hydroxyl groups is 1. The van der Waals surface area contributed by atoms with Gasteiger partial charge in [0.2, 0.25) is 0 Å². The molecule has 11 heteroatoms. The van der Waals surface area contributed by atoms with Gasteiger partial charge in [0.05, 0.1) is 30.5 Å². The smallest absolute Gasteiger partial charge is 0.257 e. The highest BCUT2D eigenvalue weighted by molar-refractivity contribution is 6.00. The van der Waals surface area contributed by atoms with Crippen LogP contribution < -0.4 is 16.4 Å². The van der Waals surface area contributed by atoms with Crippen molar-refractivity contribution in [2.24, 2.45) is 0 Å². The highest BCUT2D eigenvalue weighted by Gasteiger charge is 2.24. The second-order valence-corrected chi connectivity index (χ2v) is 8.06. The number of amides is 2. The van der Waals surface area contributed by atoms with Crippen LogP contribution in [0.1, 0.15) is 27.6 Å². The van der Waals surface area contributed by atoms with Crippen LogP contribution in [-0.4, -0.2) is 41.2 Å². The van der Waals surface area contributed by atoms with E-state index in [9.17, 15) is 23.5 Å². The van der Waals surface area contributed by atoms with E-state index in [1.54, 1.807) is 0 Å². The van der Waals surface area contributed by atoms with Crippen LogP contribution in [0.25, 0.3) is 11.1 Å². The van der Waals surface area contributed by atoms with Crippen molar-refractivity contribution >= 4 is 23.3 Å². The molecule has 0 saturated carbocycles. The fourth-order valence-corrected chi connectivity index (χ4v) is 3.57. The number of aromatic nitrogens is 1. The predicted octanol–water partition coefficient (Wildman–Crippen LogP) is 2.86. The molecule has 1 atom stereocenters. The van der Waals surface area contributed by atoms with Gasteiger partial charge in [-0.05, 0) is 47.9 Å². The molecule has 1 fully saturated rings. The molecule has 2 aromatic carbocycles. The molecule has 2 amide bonds. The number of ether oxygens (including phenoxy) is 1. The summed E-state index contributed by atoms with van der Waals surface area (Å²) in [5, 5.41) is 15.1. The Kier molecular flexibility index (Phi) is 6.72. The molecule has 1 aliphatic rings. The minimum Gasteiger partial charge on any atom is -0.383 e. The van der Waals surface area contributed by atoms with Gasteiger partial charge in [0.25, 0.3) is 11.8 Å². The van der Waals surface area contributed by atoms with E-state index in [1.165, 1.54) is 31.3 Å². The first kappa shape index (κ1) is 24.2. The Morgan fingerprint density at radius 1 is 1.14 bits per heavy atom. The summed E-state index contributed by atoms with van der Waals surface area (Å²) in [5.41, 5.74) is 6.33. The highest BCUT2D eigenvalue weighted by atomic mass is 19.1. The summed E-state index contributed by atoms with van der Waals surface area (Å²) in [6.07, 6.45) is -0.538. The summed E-state index contributed by atoms with van der Waals surface area (Å²) in [6, 6.07) is 6.33. The zero-order valence-electron chi connectivity index (χ0n) is 18.4. The average Bonchev–Trinajstić information content (AvgIpc) is 2.78. The molecule has 4 rings (SSSR count). The Hall–Kier alpha value is -3.96. The van der Waals surface area contributed by atoms with Crippen molar-refractivity contribution in [2.45, 2.75) is 19.1 Å². The van der Waals surface area contributed by atoms with Crippen molar-refractivity contribution in [3.63, 3.8) is 0 Å². The normalized spacial score (nSPS) is 14.2. The molecule has 0 bridgehead atoms. The Bertz CT molecular complexity index is 1290. The third kappa shape index (κ3) is 5.10. The summed E-state index contributed by atoms with van der Waals surface area (Å²) in [4.78, 5) is 28.9. The number of nitrogens with two attached hydrogens (primary N) is 1. The van der Waals surface area contributed by atoms with E-state index in [0.717, 1.165) is 12.1 Å². The molecular weight excluding hydrogens is 465 g/mol. The van der Waals surface area contributed by atoms with Crippen LogP contribution in [0.15, 0.2) is 42.6 Å². The third-order valence-corrected chi connectivity index (χ3v) is 5.54. The largest absolute Gasteiger partial charge is 0.383 e. The summed E-state index contributed by atoms with van der Waals surface area (Å²) in [6.45, 7) is 2.26. The fourth-order valence-electron chi connectivity index (χ4n) is 3.57. The van der Waals surface area contributed by atoms with Crippen molar-refractivity contribution in [1.29, 1.82) is 0 Å². The summed E-state index contributed by atoms with van der Waals surface area (Å²) in [7, 11) is 0. The number of aliphatic hydroxyl groups excluding tert-OH is 1. The molecule has 1 saturated heterocycles. The number of carbonyl (C=O) groups excluding carboxylic acids is 2. The maximum absolute atomic E-state index is 15.1. The first-order chi connectivity index (χ1) is 16.6. The van der Waals surface area contributed by atoms with E-state index < -0.39 is 35.4 Å². The SMILES string of the molecule is Cc1c(-c2cnc(N)c(C(=O)NC3COC3)c2)ccc(NC(=O)C(O)c2cc(F)cc(F)c2)c1F. The van der Waals surface area contributed by atoms with E-state index >= 15 is 4.39 Å². The maximum Gasteiger partial charge on any atom is 0.257 e. The monoisotopic (exact) mass is 486 g/mol. The molecule has 0 radical (unpaired) electrons. The molecule has 35 heavy (non-hydrogen) atoms. The fraction of sp³-hybridized carbons (Fsp3) is 0.208. The van der Waals surface area contributed by atoms with Crippen LogP contribution in [0.2, 0.25) is 0 Å². The predicted molar refractivity (Wildman–Crippen MR) is 121 cm³/mol. The molecular formula is C24H21F3N4O4. The second kappa shape index (κ2) is 9.72. The lowest BCUT2D eigenvalue weighted by molar-refractivity contribution is -0.124. The van der Waals surface area contributed by atoms with E-state index in [4.69, 9.17) is 10.5 Å². The van der Waals surface area contributed by atoms with Crippen LogP contribution >= 0.6 is 0 Å². The topological polar surface area (TPSA) is 127 Å². The van der Waals surface area contributed by atoms with Crippen molar-refractivity contribution < 1.29 is 32.6 Å². The Labute approximate surface area is 197 Å². The highest BCUT2D eigenvalue weighted by Crippen LogP contribution is 2.31. The lowest BCUT2D eigenvalue weighted by Gasteiger charge is -2.27. The van der Waals surface area contributed by atoms with Crippen molar-refractivity contribution in [3.8, 4) is 11.1 Å². The number of nitrogens with zero attached hydrogens (tertiary/aromatic N) is 1. The number of benzene rings is 2. The van der Waals surface area contributed by atoms with Crippen molar-refractivity contribution in [2.75, 3.05) is 24.3 Å². The summed E-state index contributed by atoms with van der Waals surface area (Å²) >= 11 is 0. The molecule has 2 heterocycles. The Balaban J connectivity index is 1.56. The number of hydrogen-bond acceptors (Lipinski definition) is 6. The molecule has 1 aromatic heterocycles. The number of pyridine rings is 1. The van der Waals surface area contributed by atoms with Gasteiger partial charge in [-0.15, -0.1) is 0 Å². The lowest BCUT2D eigenvalue weighted by Crippen LogP contribution is -2.48. The molecule has 182 valence electrons. The number of rotatable bonds is 6. The molecule has 1 aliphatic heterocycles. The standard InChI is InChI=1S/C24H21F3N4O4/c1-11-17(13-6-18(22(28)29-8-13)23(33)30-16-9-35-10-16)2-3-19(20(11)27)31-24(34)21(32)12-4-14(25)7-15(26)5-12/h2-8,16,21,32H,9-10H2,1H3,(H2,28,29)(H,30,33)(H,31,34). The van der Waals surface area contributed by atoms with Gasteiger partial charge in [-0.3, -0.25) is 9.59 Å². The van der Waals surface area contributed by atoms with Gasteiger partial charge in [-0.25, -0.2) is 18.2 Å². The average molecular weight is 486 g/mol. The van der Waals surface area contributed by atoms with Gasteiger partial charge in [-0.2, -0.15) is 0 Å². The maximum atomic E-state index is 15.1. The van der Waals surface area contributed by atoms with Gasteiger partial charge in [0, 0.05) is 17.8 Å². The van der Waals surface area contributed by atoms with Gasteiger partial charge >= 0.3 is 0 Å². The van der Waals surface area contributed by atoms with Crippen molar-refractivity contribution in [1.82, 2.24) is 10.3 Å². The molecule has 5 N–H and O–H groups in total. The van der Waals surface area contributed by atoms with Crippen molar-refractivity contribution in [3.05, 3.63) is 76.7 Å². The number of carbonyl (C=O) groups is 2. The molecule has 3 aromatic rings. The van der Waals surface area contributed by atoms with E-state index in [2.05, 4.69) is 15.6 Å². The first-order valence-corrected chi connectivity index (χ1v) is 10.5. The number of halogens is 3. The zero-order valence-corrected chi connectivity index (χ0v) is 18.4. The Morgan fingerprint density at radius 2 is 1.83 bits per heavy atom. The van der Waals surface area contributed by atoms with Crippen LogP contribution in [0.5, 0.6) is 0 Å². The van der Waals surface area contributed by atoms with Crippen LogP contribution in [-0.2, 0) is 9.53 Å². The minimum atomic E-state index is -1.93. The second-order valence-electron chi connectivity index (χ2n) is 8.06. The minimum absolute atomic E-state index is 0.0104. The molecule has 0 aliphatic carbocycles. The van der Waals surface area contributed by atoms with Crippen LogP contribution in [0.3, 0.4) is 0 Å². The number of anilines is 2. The van der Waals surface area contributed by atoms with E-state index in [0.29, 0.717) is 30.4 Å². The van der Waals surface area contributed by atoms with Crippen LogP contribution in [0, 0.1) is 24.4 Å². The lowest BCUT2D eigenvalue weighted by atomic mass is 9.99. The van der Waals surface area contributed by atoms with E-state index in [1.807, 2.05) is 0 Å². The molecule has 0 spiro atoms. The van der Waals surface area contributed by atoms with Gasteiger partial charge in [-0.1, -0.05) is 6.07 Å².